The molecule has 104 valence electrons. The molecule has 0 radical (unpaired) electrons. The van der Waals surface area contributed by atoms with Crippen LogP contribution in [0.2, 0.25) is 0 Å². The van der Waals surface area contributed by atoms with Crippen molar-refractivity contribution in [1.29, 1.82) is 0 Å². The van der Waals surface area contributed by atoms with Crippen molar-refractivity contribution in [2.45, 2.75) is 46.6 Å². The minimum atomic E-state index is -0.314. The second-order valence-electron chi connectivity index (χ2n) is 5.92. The van der Waals surface area contributed by atoms with E-state index >= 15 is 0 Å². The summed E-state index contributed by atoms with van der Waals surface area (Å²) in [6.45, 7) is 6.31. The average Bonchev–Trinajstić information content (AvgIpc) is 2.33. The summed E-state index contributed by atoms with van der Waals surface area (Å²) in [6, 6.07) is 9.51. The molecule has 0 aliphatic carbocycles. The van der Waals surface area contributed by atoms with E-state index in [1.807, 2.05) is 51.1 Å². The molecule has 0 aliphatic heterocycles. The zero-order valence-corrected chi connectivity index (χ0v) is 11.9. The number of carbonyl (C=O) groups excluding carboxylic acids is 2. The first kappa shape index (κ1) is 15.4. The van der Waals surface area contributed by atoms with Crippen LogP contribution < -0.4 is 0 Å². The standard InChI is InChI=1S/C16H22O3/c1-16(2,3)11-14(17)9-10-15(18)19-12-13-7-5-4-6-8-13/h4-8H,9-12H2,1-3H3. The lowest BCUT2D eigenvalue weighted by Crippen LogP contribution is -2.14. The first-order valence-corrected chi connectivity index (χ1v) is 6.58. The van der Waals surface area contributed by atoms with Crippen molar-refractivity contribution in [2.75, 3.05) is 0 Å². The lowest BCUT2D eigenvalue weighted by molar-refractivity contribution is -0.146. The normalized spacial score (nSPS) is 11.1. The average molecular weight is 262 g/mol. The number of ether oxygens (including phenoxy) is 1. The van der Waals surface area contributed by atoms with Crippen molar-refractivity contribution < 1.29 is 14.3 Å². The molecule has 0 saturated heterocycles. The lowest BCUT2D eigenvalue weighted by Gasteiger charge is -2.16. The molecule has 0 unspecified atom stereocenters. The molecular weight excluding hydrogens is 240 g/mol. The van der Waals surface area contributed by atoms with Gasteiger partial charge in [0, 0.05) is 12.8 Å². The highest BCUT2D eigenvalue weighted by molar-refractivity contribution is 5.83. The van der Waals surface area contributed by atoms with Crippen LogP contribution >= 0.6 is 0 Å². The highest BCUT2D eigenvalue weighted by Crippen LogP contribution is 2.20. The van der Waals surface area contributed by atoms with Crippen LogP contribution in [0.5, 0.6) is 0 Å². The molecule has 0 atom stereocenters. The van der Waals surface area contributed by atoms with Gasteiger partial charge >= 0.3 is 5.97 Å². The topological polar surface area (TPSA) is 43.4 Å². The van der Waals surface area contributed by atoms with Gasteiger partial charge in [-0.25, -0.2) is 0 Å². The Labute approximate surface area is 115 Å². The van der Waals surface area contributed by atoms with Crippen molar-refractivity contribution in [2.24, 2.45) is 5.41 Å². The summed E-state index contributed by atoms with van der Waals surface area (Å²) < 4.78 is 5.12. The molecule has 1 rings (SSSR count). The first-order chi connectivity index (χ1) is 8.87. The number of ketones is 1. The Morgan fingerprint density at radius 1 is 1.05 bits per heavy atom. The van der Waals surface area contributed by atoms with Crippen LogP contribution in [0.4, 0.5) is 0 Å². The van der Waals surface area contributed by atoms with Gasteiger partial charge in [0.2, 0.25) is 0 Å². The van der Waals surface area contributed by atoms with Crippen LogP contribution in [0.3, 0.4) is 0 Å². The predicted octanol–water partition coefficient (Wildman–Crippen LogP) is 3.52. The maximum atomic E-state index is 11.6. The van der Waals surface area contributed by atoms with Gasteiger partial charge < -0.3 is 4.74 Å². The van der Waals surface area contributed by atoms with E-state index in [1.165, 1.54) is 0 Å². The molecule has 0 amide bonds. The molecule has 0 aromatic heterocycles. The Bertz CT molecular complexity index is 415. The fourth-order valence-corrected chi connectivity index (χ4v) is 1.73. The zero-order chi connectivity index (χ0) is 14.3. The first-order valence-electron chi connectivity index (χ1n) is 6.58. The molecule has 19 heavy (non-hydrogen) atoms. The molecule has 0 bridgehead atoms. The van der Waals surface area contributed by atoms with Gasteiger partial charge in [-0.3, -0.25) is 9.59 Å². The second kappa shape index (κ2) is 7.07. The molecule has 1 aromatic carbocycles. The summed E-state index contributed by atoms with van der Waals surface area (Å²) in [7, 11) is 0. The van der Waals surface area contributed by atoms with Gasteiger partial charge in [-0.05, 0) is 11.0 Å². The fraction of sp³-hybridized carbons (Fsp3) is 0.500. The predicted molar refractivity (Wildman–Crippen MR) is 74.6 cm³/mol. The number of hydrogen-bond donors (Lipinski definition) is 0. The summed E-state index contributed by atoms with van der Waals surface area (Å²) in [5, 5.41) is 0. The Hall–Kier alpha value is -1.64. The molecule has 0 heterocycles. The quantitative estimate of drug-likeness (QED) is 0.737. The van der Waals surface area contributed by atoms with Gasteiger partial charge in [0.05, 0.1) is 6.42 Å². The van der Waals surface area contributed by atoms with E-state index in [1.54, 1.807) is 0 Å². The van der Waals surface area contributed by atoms with Crippen LogP contribution in [0.15, 0.2) is 30.3 Å². The van der Waals surface area contributed by atoms with Crippen molar-refractivity contribution in [3.05, 3.63) is 35.9 Å². The van der Waals surface area contributed by atoms with Crippen molar-refractivity contribution >= 4 is 11.8 Å². The largest absolute Gasteiger partial charge is 0.461 e. The Morgan fingerprint density at radius 3 is 2.26 bits per heavy atom. The van der Waals surface area contributed by atoms with E-state index in [4.69, 9.17) is 4.74 Å². The maximum Gasteiger partial charge on any atom is 0.306 e. The third-order valence-electron chi connectivity index (χ3n) is 2.58. The van der Waals surface area contributed by atoms with Crippen molar-refractivity contribution in [1.82, 2.24) is 0 Å². The van der Waals surface area contributed by atoms with Crippen molar-refractivity contribution in [3.63, 3.8) is 0 Å². The number of Topliss-reactive ketones (excluding diaryl/α,β-unsaturated/α-hetero) is 1. The highest BCUT2D eigenvalue weighted by Gasteiger charge is 2.16. The van der Waals surface area contributed by atoms with E-state index in [-0.39, 0.29) is 36.6 Å². The molecular formula is C16H22O3. The van der Waals surface area contributed by atoms with Gasteiger partial charge in [-0.2, -0.15) is 0 Å². The van der Waals surface area contributed by atoms with E-state index < -0.39 is 0 Å². The number of hydrogen-bond acceptors (Lipinski definition) is 3. The van der Waals surface area contributed by atoms with Crippen LogP contribution in [0.1, 0.15) is 45.6 Å². The van der Waals surface area contributed by atoms with Gasteiger partial charge in [-0.15, -0.1) is 0 Å². The molecule has 1 aromatic rings. The Kier molecular flexibility index (Phi) is 5.74. The summed E-state index contributed by atoms with van der Waals surface area (Å²) in [5.74, 6) is -0.199. The summed E-state index contributed by atoms with van der Waals surface area (Å²) in [5.41, 5.74) is 0.933. The molecule has 0 N–H and O–H groups in total. The number of carbonyl (C=O) groups is 2. The maximum absolute atomic E-state index is 11.6. The fourth-order valence-electron chi connectivity index (χ4n) is 1.73. The van der Waals surface area contributed by atoms with Crippen molar-refractivity contribution in [3.8, 4) is 0 Å². The Morgan fingerprint density at radius 2 is 1.68 bits per heavy atom. The number of rotatable bonds is 6. The van der Waals surface area contributed by atoms with E-state index in [0.29, 0.717) is 6.42 Å². The van der Waals surface area contributed by atoms with Gasteiger partial charge in [0.15, 0.2) is 0 Å². The van der Waals surface area contributed by atoms with Gasteiger partial charge in [-0.1, -0.05) is 51.1 Å². The third-order valence-corrected chi connectivity index (χ3v) is 2.58. The SMILES string of the molecule is CC(C)(C)CC(=O)CCC(=O)OCc1ccccc1. The minimum absolute atomic E-state index is 0.0228. The highest BCUT2D eigenvalue weighted by atomic mass is 16.5. The smallest absolute Gasteiger partial charge is 0.306 e. The lowest BCUT2D eigenvalue weighted by atomic mass is 9.89. The van der Waals surface area contributed by atoms with E-state index in [9.17, 15) is 9.59 Å². The monoisotopic (exact) mass is 262 g/mol. The van der Waals surface area contributed by atoms with E-state index in [2.05, 4.69) is 0 Å². The number of esters is 1. The second-order valence-corrected chi connectivity index (χ2v) is 5.92. The molecule has 3 heteroatoms. The summed E-state index contributed by atoms with van der Waals surface area (Å²) in [4.78, 5) is 23.1. The molecule has 0 saturated carbocycles. The van der Waals surface area contributed by atoms with Crippen LogP contribution in [0.25, 0.3) is 0 Å². The summed E-state index contributed by atoms with van der Waals surface area (Å²) in [6.07, 6.45) is 0.936. The molecule has 0 spiro atoms. The third kappa shape index (κ3) is 7.39. The van der Waals surface area contributed by atoms with Crippen LogP contribution in [0, 0.1) is 5.41 Å². The minimum Gasteiger partial charge on any atom is -0.461 e. The molecule has 0 aliphatic rings. The zero-order valence-electron chi connectivity index (χ0n) is 11.9. The molecule has 3 nitrogen and oxygen atoms in total. The van der Waals surface area contributed by atoms with Crippen LogP contribution in [-0.2, 0) is 20.9 Å². The van der Waals surface area contributed by atoms with Gasteiger partial charge in [0.1, 0.15) is 12.4 Å². The summed E-state index contributed by atoms with van der Waals surface area (Å²) >= 11 is 0. The van der Waals surface area contributed by atoms with Gasteiger partial charge in [0.25, 0.3) is 0 Å². The van der Waals surface area contributed by atoms with Crippen LogP contribution in [-0.4, -0.2) is 11.8 Å². The van der Waals surface area contributed by atoms with E-state index in [0.717, 1.165) is 5.56 Å². The number of benzene rings is 1. The Balaban J connectivity index is 2.23. The molecule has 0 fully saturated rings.